The number of benzene rings is 2. The average molecular weight is 376 g/mol. The fourth-order valence-electron chi connectivity index (χ4n) is 2.26. The normalized spacial score (nSPS) is 11.3. The zero-order chi connectivity index (χ0) is 19.1. The number of carbonyl (C=O) groups is 2. The van der Waals surface area contributed by atoms with Crippen molar-refractivity contribution in [2.75, 3.05) is 30.8 Å². The molecule has 2 amide bonds. The first-order chi connectivity index (χ1) is 12.4. The third-order valence-corrected chi connectivity index (χ3v) is 3.66. The third kappa shape index (κ3) is 5.84. The molecular formula is C18H17ClFN4O2+. The summed E-state index contributed by atoms with van der Waals surface area (Å²) in [6, 6.07) is 12.0. The number of anilines is 2. The summed E-state index contributed by atoms with van der Waals surface area (Å²) in [5, 5.41) is 14.7. The number of hydrogen-bond acceptors (Lipinski definition) is 3. The summed E-state index contributed by atoms with van der Waals surface area (Å²) in [7, 11) is 1.69. The molecule has 6 nitrogen and oxygen atoms in total. The van der Waals surface area contributed by atoms with Gasteiger partial charge in [0.25, 0.3) is 11.8 Å². The minimum atomic E-state index is -0.389. The summed E-state index contributed by atoms with van der Waals surface area (Å²) in [6.07, 6.45) is 0. The van der Waals surface area contributed by atoms with Crippen LogP contribution in [0.2, 0.25) is 5.02 Å². The van der Waals surface area contributed by atoms with Crippen LogP contribution in [0.1, 0.15) is 5.56 Å². The molecule has 8 heteroatoms. The molecule has 0 aliphatic heterocycles. The van der Waals surface area contributed by atoms with Crippen molar-refractivity contribution in [3.63, 3.8) is 0 Å². The molecule has 134 valence electrons. The van der Waals surface area contributed by atoms with E-state index in [1.54, 1.807) is 13.1 Å². The van der Waals surface area contributed by atoms with Crippen molar-refractivity contribution in [2.24, 2.45) is 0 Å². The quantitative estimate of drug-likeness (QED) is 0.714. The molecule has 1 atom stereocenters. The van der Waals surface area contributed by atoms with Gasteiger partial charge in [-0.3, -0.25) is 9.59 Å². The Hall–Kier alpha value is -2.95. The summed E-state index contributed by atoms with van der Waals surface area (Å²) in [6.45, 7) is 0.0691. The predicted molar refractivity (Wildman–Crippen MR) is 96.4 cm³/mol. The number of carbonyl (C=O) groups excluding carboxylic acids is 2. The molecule has 26 heavy (non-hydrogen) atoms. The second-order valence-corrected chi connectivity index (χ2v) is 6.15. The van der Waals surface area contributed by atoms with E-state index in [0.717, 1.165) is 0 Å². The highest BCUT2D eigenvalue weighted by Crippen LogP contribution is 2.20. The van der Waals surface area contributed by atoms with Crippen molar-refractivity contribution in [2.45, 2.75) is 0 Å². The molecule has 0 fully saturated rings. The first-order valence-corrected chi connectivity index (χ1v) is 8.11. The van der Waals surface area contributed by atoms with E-state index < -0.39 is 0 Å². The van der Waals surface area contributed by atoms with Crippen molar-refractivity contribution in [1.29, 1.82) is 5.26 Å². The van der Waals surface area contributed by atoms with E-state index in [2.05, 4.69) is 10.6 Å². The van der Waals surface area contributed by atoms with Crippen LogP contribution in [0, 0.1) is 17.1 Å². The zero-order valence-electron chi connectivity index (χ0n) is 14.0. The fourth-order valence-corrected chi connectivity index (χ4v) is 2.43. The van der Waals surface area contributed by atoms with Crippen LogP contribution in [0.3, 0.4) is 0 Å². The molecule has 2 aromatic carbocycles. The van der Waals surface area contributed by atoms with Gasteiger partial charge in [-0.15, -0.1) is 0 Å². The lowest BCUT2D eigenvalue weighted by Gasteiger charge is -2.14. The highest BCUT2D eigenvalue weighted by atomic mass is 35.5. The summed E-state index contributed by atoms with van der Waals surface area (Å²) in [4.78, 5) is 24.7. The second-order valence-electron chi connectivity index (χ2n) is 5.72. The van der Waals surface area contributed by atoms with Crippen LogP contribution < -0.4 is 15.5 Å². The Morgan fingerprint density at radius 1 is 1.12 bits per heavy atom. The molecule has 0 aromatic heterocycles. The molecular weight excluding hydrogens is 359 g/mol. The maximum absolute atomic E-state index is 12.8. The predicted octanol–water partition coefficient (Wildman–Crippen LogP) is 1.44. The number of amides is 2. The van der Waals surface area contributed by atoms with E-state index in [9.17, 15) is 14.0 Å². The van der Waals surface area contributed by atoms with E-state index in [1.165, 1.54) is 36.4 Å². The zero-order valence-corrected chi connectivity index (χ0v) is 14.7. The van der Waals surface area contributed by atoms with Gasteiger partial charge in [0, 0.05) is 10.7 Å². The molecule has 0 spiro atoms. The summed E-state index contributed by atoms with van der Waals surface area (Å²) < 4.78 is 12.8. The number of likely N-dealkylation sites (N-methyl/N-ethyl adjacent to an activating group) is 1. The number of halogens is 2. The van der Waals surface area contributed by atoms with Gasteiger partial charge in [-0.1, -0.05) is 11.6 Å². The van der Waals surface area contributed by atoms with Crippen molar-refractivity contribution in [3.8, 4) is 6.07 Å². The van der Waals surface area contributed by atoms with Crippen LogP contribution in [0.15, 0.2) is 42.5 Å². The molecule has 3 N–H and O–H groups in total. The van der Waals surface area contributed by atoms with Gasteiger partial charge in [0.1, 0.15) is 11.9 Å². The lowest BCUT2D eigenvalue weighted by molar-refractivity contribution is -0.862. The Balaban J connectivity index is 1.87. The standard InChI is InChI=1S/C18H16ClFN4O2/c1-24(10-17(25)22-15-6-4-14(20)5-7-15)11-18(26)23-16-8-13(19)3-2-12(16)9-21/h2-8H,10-11H2,1H3,(H,22,25)(H,23,26)/p+1. The number of hydrogen-bond donors (Lipinski definition) is 3. The van der Waals surface area contributed by atoms with E-state index in [0.29, 0.717) is 26.9 Å². The molecule has 2 rings (SSSR count). The fraction of sp³-hybridized carbons (Fsp3) is 0.167. The van der Waals surface area contributed by atoms with Crippen LogP contribution in [-0.4, -0.2) is 32.0 Å². The molecule has 0 saturated heterocycles. The van der Waals surface area contributed by atoms with Crippen molar-refractivity contribution >= 4 is 34.8 Å². The first kappa shape index (κ1) is 19.4. The Morgan fingerprint density at radius 3 is 2.35 bits per heavy atom. The van der Waals surface area contributed by atoms with Crippen LogP contribution in [-0.2, 0) is 9.59 Å². The minimum Gasteiger partial charge on any atom is -0.322 e. The van der Waals surface area contributed by atoms with Crippen LogP contribution in [0.5, 0.6) is 0 Å². The maximum atomic E-state index is 12.8. The Labute approximate surface area is 155 Å². The van der Waals surface area contributed by atoms with E-state index >= 15 is 0 Å². The van der Waals surface area contributed by atoms with Gasteiger partial charge in [0.15, 0.2) is 13.1 Å². The largest absolute Gasteiger partial charge is 0.322 e. The van der Waals surface area contributed by atoms with Crippen molar-refractivity contribution in [3.05, 3.63) is 58.9 Å². The Bertz CT molecular complexity index is 849. The monoisotopic (exact) mass is 375 g/mol. The molecule has 0 saturated carbocycles. The highest BCUT2D eigenvalue weighted by Gasteiger charge is 2.16. The third-order valence-electron chi connectivity index (χ3n) is 3.43. The Kier molecular flexibility index (Phi) is 6.67. The second kappa shape index (κ2) is 8.94. The lowest BCUT2D eigenvalue weighted by Crippen LogP contribution is -3.11. The van der Waals surface area contributed by atoms with Gasteiger partial charge in [-0.25, -0.2) is 4.39 Å². The van der Waals surface area contributed by atoms with Gasteiger partial charge >= 0.3 is 0 Å². The number of nitriles is 1. The molecule has 0 bridgehead atoms. The van der Waals surface area contributed by atoms with Crippen LogP contribution in [0.25, 0.3) is 0 Å². The lowest BCUT2D eigenvalue weighted by atomic mass is 10.2. The molecule has 0 radical (unpaired) electrons. The van der Waals surface area contributed by atoms with Gasteiger partial charge < -0.3 is 15.5 Å². The average Bonchev–Trinajstić information content (AvgIpc) is 2.56. The molecule has 0 aliphatic carbocycles. The maximum Gasteiger partial charge on any atom is 0.279 e. The van der Waals surface area contributed by atoms with Crippen molar-refractivity contribution in [1.82, 2.24) is 0 Å². The highest BCUT2D eigenvalue weighted by molar-refractivity contribution is 6.31. The topological polar surface area (TPSA) is 86.4 Å². The van der Waals surface area contributed by atoms with Gasteiger partial charge in [-0.2, -0.15) is 5.26 Å². The van der Waals surface area contributed by atoms with Gasteiger partial charge in [0.05, 0.1) is 18.3 Å². The number of nitrogens with one attached hydrogen (secondary N) is 3. The van der Waals surface area contributed by atoms with Crippen molar-refractivity contribution < 1.29 is 18.9 Å². The molecule has 0 heterocycles. The summed E-state index contributed by atoms with van der Waals surface area (Å²) in [5.74, 6) is -1.04. The van der Waals surface area contributed by atoms with Gasteiger partial charge in [0.2, 0.25) is 0 Å². The van der Waals surface area contributed by atoms with Gasteiger partial charge in [-0.05, 0) is 42.5 Å². The van der Waals surface area contributed by atoms with Crippen LogP contribution >= 0.6 is 11.6 Å². The number of quaternary nitrogens is 1. The Morgan fingerprint density at radius 2 is 1.73 bits per heavy atom. The van der Waals surface area contributed by atoms with Crippen LogP contribution in [0.4, 0.5) is 15.8 Å². The molecule has 0 aliphatic rings. The summed E-state index contributed by atoms with van der Waals surface area (Å²) in [5.41, 5.74) is 1.11. The number of rotatable bonds is 6. The number of nitrogens with zero attached hydrogens (tertiary/aromatic N) is 1. The smallest absolute Gasteiger partial charge is 0.279 e. The van der Waals surface area contributed by atoms with E-state index in [4.69, 9.17) is 16.9 Å². The summed E-state index contributed by atoms with van der Waals surface area (Å²) >= 11 is 5.88. The SMILES string of the molecule is C[NH+](CC(=O)Nc1ccc(F)cc1)CC(=O)Nc1cc(Cl)ccc1C#N. The molecule has 1 unspecified atom stereocenters. The first-order valence-electron chi connectivity index (χ1n) is 7.73. The van der Waals surface area contributed by atoms with E-state index in [1.807, 2.05) is 6.07 Å². The molecule has 2 aromatic rings. The van der Waals surface area contributed by atoms with E-state index in [-0.39, 0.29) is 30.7 Å². The minimum absolute atomic E-state index is 0.0220.